The number of hydrogen-bond donors (Lipinski definition) is 0. The van der Waals surface area contributed by atoms with Crippen LogP contribution in [0.4, 0.5) is 0 Å². The molecule has 0 unspecified atom stereocenters. The third kappa shape index (κ3) is 7.00. The van der Waals surface area contributed by atoms with E-state index < -0.39 is 0 Å². The molecule has 2 fully saturated rings. The highest BCUT2D eigenvalue weighted by atomic mass is 33.1. The minimum Gasteiger partial charge on any atom is -0.357 e. The molecule has 1 aromatic rings. The van der Waals surface area contributed by atoms with Crippen LogP contribution in [-0.4, -0.2) is 44.6 Å². The Balaban J connectivity index is 1.46. The zero-order chi connectivity index (χ0) is 19.1. The van der Waals surface area contributed by atoms with Crippen molar-refractivity contribution in [1.82, 2.24) is 9.80 Å². The lowest BCUT2D eigenvalue weighted by Crippen LogP contribution is -2.32. The molecule has 2 heterocycles. The Morgan fingerprint density at radius 3 is 1.81 bits per heavy atom. The molecule has 27 heavy (non-hydrogen) atoms. The van der Waals surface area contributed by atoms with Crippen LogP contribution < -0.4 is 0 Å². The molecular formula is C19H26N2S6. The highest BCUT2D eigenvalue weighted by Gasteiger charge is 2.16. The summed E-state index contributed by atoms with van der Waals surface area (Å²) >= 11 is 11.2. The molecule has 2 aliphatic rings. The molecule has 0 atom stereocenters. The van der Waals surface area contributed by atoms with Gasteiger partial charge in [0.2, 0.25) is 0 Å². The lowest BCUT2D eigenvalue weighted by Gasteiger charge is -2.28. The van der Waals surface area contributed by atoms with Crippen LogP contribution >= 0.6 is 67.6 Å². The van der Waals surface area contributed by atoms with Gasteiger partial charge in [0, 0.05) is 36.0 Å². The first-order valence-corrected chi connectivity index (χ1v) is 14.6. The fourth-order valence-electron chi connectivity index (χ4n) is 3.19. The van der Waals surface area contributed by atoms with Crippen molar-refractivity contribution < 1.29 is 0 Å². The van der Waals surface area contributed by atoms with Gasteiger partial charge in [0.15, 0.2) is 0 Å². The average molecular weight is 475 g/mol. The van der Waals surface area contributed by atoms with E-state index in [0.717, 1.165) is 34.8 Å². The molecule has 2 aliphatic heterocycles. The minimum atomic E-state index is 1.03. The van der Waals surface area contributed by atoms with E-state index in [2.05, 4.69) is 34.9 Å². The third-order valence-corrected chi connectivity index (χ3v) is 11.1. The Bertz CT molecular complexity index is 654. The molecule has 0 aromatic heterocycles. The topological polar surface area (TPSA) is 6.48 Å². The molecule has 0 radical (unpaired) electrons. The van der Waals surface area contributed by atoms with Gasteiger partial charge in [-0.1, -0.05) is 35.2 Å². The van der Waals surface area contributed by atoms with Gasteiger partial charge in [-0.05, 0) is 102 Å². The number of rotatable bonds is 4. The van der Waals surface area contributed by atoms with Crippen molar-refractivity contribution >= 4 is 76.3 Å². The second-order valence-electron chi connectivity index (χ2n) is 6.89. The quantitative estimate of drug-likeness (QED) is 0.335. The maximum atomic E-state index is 5.62. The summed E-state index contributed by atoms with van der Waals surface area (Å²) in [5.74, 6) is 0. The number of benzene rings is 1. The highest BCUT2D eigenvalue weighted by molar-refractivity contribution is 8.84. The van der Waals surface area contributed by atoms with Gasteiger partial charge in [-0.3, -0.25) is 0 Å². The van der Waals surface area contributed by atoms with E-state index in [4.69, 9.17) is 24.4 Å². The van der Waals surface area contributed by atoms with Gasteiger partial charge in [0.05, 0.1) is 0 Å². The molecule has 0 aliphatic carbocycles. The number of nitrogens with zero attached hydrogens (tertiary/aromatic N) is 2. The van der Waals surface area contributed by atoms with Crippen molar-refractivity contribution in [3.05, 3.63) is 23.8 Å². The van der Waals surface area contributed by atoms with Gasteiger partial charge in [-0.15, -0.1) is 0 Å². The predicted octanol–water partition coefficient (Wildman–Crippen LogP) is 7.02. The monoisotopic (exact) mass is 474 g/mol. The molecule has 3 rings (SSSR count). The second-order valence-corrected chi connectivity index (χ2v) is 12.5. The van der Waals surface area contributed by atoms with Gasteiger partial charge in [-0.25, -0.2) is 0 Å². The molecular weight excluding hydrogens is 449 g/mol. The number of piperidine rings is 2. The molecule has 0 spiro atoms. The van der Waals surface area contributed by atoms with Crippen LogP contribution in [0, 0.1) is 6.92 Å². The SMILES string of the molecule is Cc1cc(SSC(=S)N2CCCCC2)ccc1SSC(=S)N1CCCCC1. The Hall–Kier alpha value is 0.400. The van der Waals surface area contributed by atoms with E-state index in [1.54, 1.807) is 43.2 Å². The standard InChI is InChI=1S/C19H26N2S6/c1-15-14-16(24-26-18(22)20-10-4-2-5-11-20)8-9-17(15)25-27-19(23)21-12-6-3-7-13-21/h8-9,14H,2-7,10-13H2,1H3. The van der Waals surface area contributed by atoms with Crippen LogP contribution in [0.5, 0.6) is 0 Å². The molecule has 8 heteroatoms. The van der Waals surface area contributed by atoms with Crippen LogP contribution in [0.25, 0.3) is 0 Å². The summed E-state index contributed by atoms with van der Waals surface area (Å²) in [6.45, 7) is 6.67. The second kappa shape index (κ2) is 11.6. The normalized spacial score (nSPS) is 17.8. The predicted molar refractivity (Wildman–Crippen MR) is 134 cm³/mol. The van der Waals surface area contributed by atoms with E-state index >= 15 is 0 Å². The van der Waals surface area contributed by atoms with E-state index in [-0.39, 0.29) is 0 Å². The fourth-order valence-corrected chi connectivity index (χ4v) is 8.22. The number of likely N-dealkylation sites (tertiary alicyclic amines) is 2. The maximum Gasteiger partial charge on any atom is 0.147 e. The summed E-state index contributed by atoms with van der Waals surface area (Å²) in [6, 6.07) is 6.69. The average Bonchev–Trinajstić information content (AvgIpc) is 2.72. The zero-order valence-corrected chi connectivity index (χ0v) is 20.5. The van der Waals surface area contributed by atoms with Crippen molar-refractivity contribution in [3.8, 4) is 0 Å². The van der Waals surface area contributed by atoms with Gasteiger partial charge in [0.1, 0.15) is 8.64 Å². The van der Waals surface area contributed by atoms with Crippen molar-refractivity contribution in [2.75, 3.05) is 26.2 Å². The van der Waals surface area contributed by atoms with Gasteiger partial charge < -0.3 is 9.80 Å². The van der Waals surface area contributed by atoms with Crippen molar-refractivity contribution in [2.24, 2.45) is 0 Å². The van der Waals surface area contributed by atoms with Crippen LogP contribution in [0.3, 0.4) is 0 Å². The Kier molecular flexibility index (Phi) is 9.45. The summed E-state index contributed by atoms with van der Waals surface area (Å²) in [5, 5.41) is 0. The Labute approximate surface area is 190 Å². The van der Waals surface area contributed by atoms with E-state index in [1.165, 1.54) is 53.9 Å². The lowest BCUT2D eigenvalue weighted by molar-refractivity contribution is 0.352. The first-order chi connectivity index (χ1) is 13.1. The molecule has 1 aromatic carbocycles. The lowest BCUT2D eigenvalue weighted by atomic mass is 10.1. The maximum absolute atomic E-state index is 5.62. The van der Waals surface area contributed by atoms with Crippen LogP contribution in [0.1, 0.15) is 44.1 Å². The minimum absolute atomic E-state index is 1.03. The smallest absolute Gasteiger partial charge is 0.147 e. The summed E-state index contributed by atoms with van der Waals surface area (Å²) in [6.07, 6.45) is 7.77. The Morgan fingerprint density at radius 1 is 0.778 bits per heavy atom. The zero-order valence-electron chi connectivity index (χ0n) is 15.6. The molecule has 2 saturated heterocycles. The van der Waals surface area contributed by atoms with Crippen molar-refractivity contribution in [1.29, 1.82) is 0 Å². The first kappa shape index (κ1) is 22.1. The van der Waals surface area contributed by atoms with E-state index in [1.807, 2.05) is 0 Å². The molecule has 0 N–H and O–H groups in total. The number of aryl methyl sites for hydroxylation is 1. The summed E-state index contributed by atoms with van der Waals surface area (Å²) in [5.41, 5.74) is 1.31. The van der Waals surface area contributed by atoms with Gasteiger partial charge >= 0.3 is 0 Å². The fraction of sp³-hybridized carbons (Fsp3) is 0.579. The number of thiocarbonyl (C=S) groups is 2. The first-order valence-electron chi connectivity index (χ1n) is 9.51. The summed E-state index contributed by atoms with van der Waals surface area (Å²) in [7, 11) is 7.01. The summed E-state index contributed by atoms with van der Waals surface area (Å²) in [4.78, 5) is 7.28. The molecule has 0 saturated carbocycles. The van der Waals surface area contributed by atoms with Gasteiger partial charge in [0.25, 0.3) is 0 Å². The van der Waals surface area contributed by atoms with Gasteiger partial charge in [-0.2, -0.15) is 0 Å². The highest BCUT2D eigenvalue weighted by Crippen LogP contribution is 2.39. The molecule has 148 valence electrons. The number of hydrogen-bond acceptors (Lipinski definition) is 6. The molecule has 0 bridgehead atoms. The third-order valence-electron chi connectivity index (χ3n) is 4.79. The largest absolute Gasteiger partial charge is 0.357 e. The Morgan fingerprint density at radius 2 is 1.30 bits per heavy atom. The van der Waals surface area contributed by atoms with E-state index in [0.29, 0.717) is 0 Å². The molecule has 2 nitrogen and oxygen atoms in total. The molecule has 0 amide bonds. The van der Waals surface area contributed by atoms with Crippen LogP contribution in [-0.2, 0) is 0 Å². The van der Waals surface area contributed by atoms with E-state index in [9.17, 15) is 0 Å². The van der Waals surface area contributed by atoms with Crippen LogP contribution in [0.2, 0.25) is 0 Å². The summed E-state index contributed by atoms with van der Waals surface area (Å²) < 4.78 is 2.05. The van der Waals surface area contributed by atoms with Crippen molar-refractivity contribution in [3.63, 3.8) is 0 Å². The van der Waals surface area contributed by atoms with Crippen molar-refractivity contribution in [2.45, 2.75) is 55.2 Å². The van der Waals surface area contributed by atoms with Crippen LogP contribution in [0.15, 0.2) is 28.0 Å².